The minimum Gasteiger partial charge on any atom is -0.466 e. The normalized spacial score (nSPS) is 10.3. The fourth-order valence-corrected chi connectivity index (χ4v) is 2.83. The molecule has 0 fully saturated rings. The molecule has 276 valence electrons. The molecule has 14 heteroatoms. The van der Waals surface area contributed by atoms with Crippen LogP contribution in [0.1, 0.15) is 88.4 Å². The molecule has 0 aliphatic rings. The van der Waals surface area contributed by atoms with Gasteiger partial charge in [-0.2, -0.15) is 0 Å². The van der Waals surface area contributed by atoms with E-state index in [-0.39, 0.29) is 70.6 Å². The Morgan fingerprint density at radius 2 is 1.00 bits per heavy atom. The number of hydrogen-bond acceptors (Lipinski definition) is 13. The predicted octanol–water partition coefficient (Wildman–Crippen LogP) is 3.86. The third kappa shape index (κ3) is 43.8. The minimum atomic E-state index is -0.317. The standard InChI is InChI=1S/C16H31NO7.C14H26O6.C2H6.H2/c1-3-5-7-20-9-10-21-11-12-22-13-15(18)17-14-23-8-6-16(19)24-4-2;1-4-19-13(15)6-10-17-8-5-9-18-11-7-14(16)20-12(2)3;1-2;/h3-14H2,1-2H3,(H,17,18);12H,4-11H2,1-3H3;1-2H3;1H. The largest absolute Gasteiger partial charge is 0.466 e. The smallest absolute Gasteiger partial charge is 0.308 e. The molecule has 0 saturated heterocycles. The molecular weight excluding hydrogens is 606 g/mol. The molecule has 14 nitrogen and oxygen atoms in total. The monoisotopic (exact) mass is 671 g/mol. The molecule has 0 aromatic heterocycles. The topological polar surface area (TPSA) is 163 Å². The van der Waals surface area contributed by atoms with Crippen molar-refractivity contribution in [3.05, 3.63) is 0 Å². The van der Waals surface area contributed by atoms with Gasteiger partial charge in [-0.15, -0.1) is 0 Å². The molecule has 0 aliphatic heterocycles. The van der Waals surface area contributed by atoms with Gasteiger partial charge in [-0.05, 0) is 40.5 Å². The fraction of sp³-hybridized carbons (Fsp3) is 0.875. The number of hydrogen-bond donors (Lipinski definition) is 1. The van der Waals surface area contributed by atoms with Gasteiger partial charge in [-0.25, -0.2) is 0 Å². The molecule has 0 aromatic carbocycles. The van der Waals surface area contributed by atoms with E-state index in [0.717, 1.165) is 25.9 Å². The molecule has 0 unspecified atom stereocenters. The van der Waals surface area contributed by atoms with Gasteiger partial charge in [0.2, 0.25) is 5.91 Å². The van der Waals surface area contributed by atoms with E-state index in [1.807, 2.05) is 27.7 Å². The average Bonchev–Trinajstić information content (AvgIpc) is 3.02. The third-order valence-corrected chi connectivity index (χ3v) is 4.90. The van der Waals surface area contributed by atoms with Crippen LogP contribution in [0.2, 0.25) is 0 Å². The first kappa shape index (κ1) is 48.0. The summed E-state index contributed by atoms with van der Waals surface area (Å²) in [5.41, 5.74) is 0. The minimum absolute atomic E-state index is 0. The van der Waals surface area contributed by atoms with Crippen LogP contribution in [0, 0.1) is 0 Å². The predicted molar refractivity (Wildman–Crippen MR) is 174 cm³/mol. The van der Waals surface area contributed by atoms with Crippen LogP contribution in [0.5, 0.6) is 0 Å². The van der Waals surface area contributed by atoms with E-state index in [9.17, 15) is 19.2 Å². The van der Waals surface area contributed by atoms with E-state index in [0.29, 0.717) is 66.1 Å². The summed E-state index contributed by atoms with van der Waals surface area (Å²) in [6.45, 7) is 18.5. The van der Waals surface area contributed by atoms with Gasteiger partial charge < -0.3 is 47.9 Å². The zero-order chi connectivity index (χ0) is 35.1. The highest BCUT2D eigenvalue weighted by Crippen LogP contribution is 1.96. The molecule has 0 bridgehead atoms. The van der Waals surface area contributed by atoms with Gasteiger partial charge in [0.25, 0.3) is 0 Å². The first-order valence-corrected chi connectivity index (χ1v) is 16.5. The van der Waals surface area contributed by atoms with Crippen molar-refractivity contribution in [1.29, 1.82) is 0 Å². The van der Waals surface area contributed by atoms with E-state index in [4.69, 9.17) is 42.6 Å². The Labute approximate surface area is 278 Å². The van der Waals surface area contributed by atoms with E-state index in [2.05, 4.69) is 12.2 Å². The van der Waals surface area contributed by atoms with Crippen LogP contribution in [-0.2, 0) is 61.8 Å². The van der Waals surface area contributed by atoms with Crippen LogP contribution >= 0.6 is 0 Å². The summed E-state index contributed by atoms with van der Waals surface area (Å²) in [4.78, 5) is 44.6. The Morgan fingerprint density at radius 1 is 0.565 bits per heavy atom. The quantitative estimate of drug-likeness (QED) is 0.0528. The van der Waals surface area contributed by atoms with Crippen LogP contribution in [0.4, 0.5) is 0 Å². The molecule has 0 radical (unpaired) electrons. The first-order chi connectivity index (χ1) is 22.3. The number of ether oxygens (including phenoxy) is 9. The highest BCUT2D eigenvalue weighted by Gasteiger charge is 2.05. The van der Waals surface area contributed by atoms with Gasteiger partial charge in [0.05, 0.1) is 84.8 Å². The summed E-state index contributed by atoms with van der Waals surface area (Å²) in [6, 6.07) is 0. The van der Waals surface area contributed by atoms with Gasteiger partial charge in [0.1, 0.15) is 13.3 Å². The molecule has 0 aromatic rings. The summed E-state index contributed by atoms with van der Waals surface area (Å²) in [5, 5.41) is 2.52. The summed E-state index contributed by atoms with van der Waals surface area (Å²) < 4.78 is 45.9. The highest BCUT2D eigenvalue weighted by molar-refractivity contribution is 5.77. The summed E-state index contributed by atoms with van der Waals surface area (Å²) in [7, 11) is 0. The van der Waals surface area contributed by atoms with E-state index in [1.54, 1.807) is 13.8 Å². The Kier molecular flexibility index (Phi) is 42.5. The Morgan fingerprint density at radius 3 is 1.50 bits per heavy atom. The van der Waals surface area contributed by atoms with Crippen LogP contribution < -0.4 is 5.32 Å². The van der Waals surface area contributed by atoms with E-state index in [1.165, 1.54) is 0 Å². The zero-order valence-corrected chi connectivity index (χ0v) is 29.5. The summed E-state index contributed by atoms with van der Waals surface area (Å²) in [5.74, 6) is -1.09. The SMILES string of the molecule is CC.CCCCOCCOCCOCC(=O)NCOCCC(=O)OCC.CCOC(=O)CCOCCCOCCC(=O)OC(C)C.[HH]. The van der Waals surface area contributed by atoms with Crippen molar-refractivity contribution in [3.8, 4) is 0 Å². The van der Waals surface area contributed by atoms with Gasteiger partial charge in [-0.3, -0.25) is 19.2 Å². The van der Waals surface area contributed by atoms with Crippen molar-refractivity contribution < 1.29 is 63.2 Å². The summed E-state index contributed by atoms with van der Waals surface area (Å²) >= 11 is 0. The lowest BCUT2D eigenvalue weighted by molar-refractivity contribution is -0.148. The lowest BCUT2D eigenvalue weighted by atomic mass is 10.4. The fourth-order valence-electron chi connectivity index (χ4n) is 2.83. The second-order valence-corrected chi connectivity index (χ2v) is 9.26. The number of nitrogens with one attached hydrogen (secondary N) is 1. The number of carbonyl (C=O) groups excluding carboxylic acids is 4. The van der Waals surface area contributed by atoms with Crippen LogP contribution in [-0.4, -0.2) is 123 Å². The van der Waals surface area contributed by atoms with Crippen molar-refractivity contribution >= 4 is 23.8 Å². The Balaban J connectivity index is -0.000000371. The first-order valence-electron chi connectivity index (χ1n) is 16.5. The number of carbonyl (C=O) groups is 4. The van der Waals surface area contributed by atoms with E-state index < -0.39 is 0 Å². The maximum absolute atomic E-state index is 11.4. The maximum atomic E-state index is 11.4. The third-order valence-electron chi connectivity index (χ3n) is 4.90. The second-order valence-electron chi connectivity index (χ2n) is 9.26. The lowest BCUT2D eigenvalue weighted by Crippen LogP contribution is -2.30. The van der Waals surface area contributed by atoms with Crippen LogP contribution in [0.15, 0.2) is 0 Å². The van der Waals surface area contributed by atoms with Gasteiger partial charge in [0, 0.05) is 21.2 Å². The molecule has 0 aliphatic carbocycles. The van der Waals surface area contributed by atoms with Crippen LogP contribution in [0.3, 0.4) is 0 Å². The van der Waals surface area contributed by atoms with Gasteiger partial charge in [0.15, 0.2) is 0 Å². The molecule has 1 N–H and O–H groups in total. The van der Waals surface area contributed by atoms with E-state index >= 15 is 0 Å². The zero-order valence-electron chi connectivity index (χ0n) is 29.5. The van der Waals surface area contributed by atoms with Crippen molar-refractivity contribution in [2.45, 2.75) is 93.1 Å². The van der Waals surface area contributed by atoms with Crippen molar-refractivity contribution in [3.63, 3.8) is 0 Å². The summed E-state index contributed by atoms with van der Waals surface area (Å²) in [6.07, 6.45) is 3.52. The second kappa shape index (κ2) is 40.7. The maximum Gasteiger partial charge on any atom is 0.308 e. The molecule has 0 heterocycles. The van der Waals surface area contributed by atoms with Crippen molar-refractivity contribution in [1.82, 2.24) is 5.32 Å². The van der Waals surface area contributed by atoms with Crippen LogP contribution in [0.25, 0.3) is 0 Å². The Hall–Kier alpha value is -2.36. The number of esters is 3. The number of rotatable bonds is 29. The van der Waals surface area contributed by atoms with Crippen molar-refractivity contribution in [2.24, 2.45) is 0 Å². The molecule has 0 atom stereocenters. The number of unbranched alkanes of at least 4 members (excludes halogenated alkanes) is 1. The molecule has 1 amide bonds. The lowest BCUT2D eigenvalue weighted by Gasteiger charge is -2.08. The molecule has 46 heavy (non-hydrogen) atoms. The van der Waals surface area contributed by atoms with Crippen molar-refractivity contribution in [2.75, 3.05) is 92.6 Å². The van der Waals surface area contributed by atoms with Gasteiger partial charge in [-0.1, -0.05) is 27.2 Å². The molecular formula is C32H65NO13. The molecule has 0 spiro atoms. The molecule has 0 saturated carbocycles. The Bertz CT molecular complexity index is 700. The highest BCUT2D eigenvalue weighted by atomic mass is 16.6. The molecule has 0 rings (SSSR count). The average molecular weight is 672 g/mol. The van der Waals surface area contributed by atoms with Gasteiger partial charge >= 0.3 is 17.9 Å². The number of amides is 1.